The van der Waals surface area contributed by atoms with Crippen molar-refractivity contribution in [1.82, 2.24) is 0 Å². The van der Waals surface area contributed by atoms with Gasteiger partial charge < -0.3 is 0 Å². The van der Waals surface area contributed by atoms with Crippen LogP contribution in [-0.2, 0) is 0 Å². The second kappa shape index (κ2) is 4.83. The first-order valence-electron chi connectivity index (χ1n) is 3.25. The van der Waals surface area contributed by atoms with E-state index in [4.69, 9.17) is 17.1 Å². The van der Waals surface area contributed by atoms with Crippen LogP contribution < -0.4 is 0 Å². The van der Waals surface area contributed by atoms with Crippen molar-refractivity contribution in [2.75, 3.05) is 6.54 Å². The van der Waals surface area contributed by atoms with Gasteiger partial charge in [0.15, 0.2) is 0 Å². The molecule has 0 atom stereocenters. The van der Waals surface area contributed by atoms with E-state index in [0.717, 1.165) is 9.90 Å². The quantitative estimate of drug-likeness (QED) is 0.405. The second-order valence-corrected chi connectivity index (χ2v) is 3.30. The van der Waals surface area contributed by atoms with Gasteiger partial charge in [-0.05, 0) is 23.1 Å². The zero-order chi connectivity index (χ0) is 8.81. The van der Waals surface area contributed by atoms with Gasteiger partial charge >= 0.3 is 0 Å². The van der Waals surface area contributed by atoms with Crippen molar-refractivity contribution in [3.63, 3.8) is 0 Å². The molecule has 0 aliphatic heterocycles. The third-order valence-electron chi connectivity index (χ3n) is 1.16. The summed E-state index contributed by atoms with van der Waals surface area (Å²) in [5, 5.41) is 6.00. The number of rotatable bonds is 3. The Kier molecular flexibility index (Phi) is 3.67. The summed E-state index contributed by atoms with van der Waals surface area (Å²) in [6, 6.07) is 1.83. The molecule has 0 radical (unpaired) electrons. The van der Waals surface area contributed by atoms with Gasteiger partial charge in [0.25, 0.3) is 0 Å². The highest BCUT2D eigenvalue weighted by molar-refractivity contribution is 7.11. The van der Waals surface area contributed by atoms with Gasteiger partial charge in [-0.3, -0.25) is 0 Å². The number of hydrogen-bond acceptors (Lipinski definition) is 2. The van der Waals surface area contributed by atoms with Crippen molar-refractivity contribution in [2.24, 2.45) is 5.11 Å². The Morgan fingerprint density at radius 3 is 3.17 bits per heavy atom. The normalized spacial score (nSPS) is 10.1. The number of hydrogen-bond donors (Lipinski definition) is 0. The van der Waals surface area contributed by atoms with Gasteiger partial charge in [0.2, 0.25) is 0 Å². The van der Waals surface area contributed by atoms with E-state index in [9.17, 15) is 0 Å². The molecule has 0 amide bonds. The van der Waals surface area contributed by atoms with E-state index in [1.807, 2.05) is 17.5 Å². The zero-order valence-corrected chi connectivity index (χ0v) is 7.72. The van der Waals surface area contributed by atoms with Gasteiger partial charge in [0.1, 0.15) is 0 Å². The average molecular weight is 200 g/mol. The molecular formula is C7H6ClN3S. The fourth-order valence-corrected chi connectivity index (χ4v) is 1.71. The lowest BCUT2D eigenvalue weighted by molar-refractivity contribution is 1.22. The van der Waals surface area contributed by atoms with Gasteiger partial charge in [-0.25, -0.2) is 0 Å². The Morgan fingerprint density at radius 2 is 2.58 bits per heavy atom. The average Bonchev–Trinajstić information content (AvgIpc) is 2.46. The molecule has 1 heterocycles. The van der Waals surface area contributed by atoms with E-state index in [0.29, 0.717) is 6.54 Å². The molecule has 0 saturated carbocycles. The molecule has 0 saturated heterocycles. The summed E-state index contributed by atoms with van der Waals surface area (Å²) in [4.78, 5) is 3.61. The number of azide groups is 1. The minimum Gasteiger partial charge on any atom is -0.143 e. The van der Waals surface area contributed by atoms with Crippen LogP contribution in [0.2, 0.25) is 5.02 Å². The maximum Gasteiger partial charge on any atom is 0.0585 e. The van der Waals surface area contributed by atoms with Gasteiger partial charge in [-0.1, -0.05) is 22.8 Å². The zero-order valence-electron chi connectivity index (χ0n) is 6.14. The molecule has 5 heteroatoms. The van der Waals surface area contributed by atoms with Crippen LogP contribution in [0, 0.1) is 0 Å². The maximum atomic E-state index is 7.98. The van der Waals surface area contributed by atoms with Crippen LogP contribution >= 0.6 is 22.9 Å². The summed E-state index contributed by atoms with van der Waals surface area (Å²) in [5.74, 6) is 0. The Balaban J connectivity index is 2.57. The Hall–Kier alpha value is -0.960. The molecule has 3 nitrogen and oxygen atoms in total. The summed E-state index contributed by atoms with van der Waals surface area (Å²) in [6.45, 7) is 0.366. The van der Waals surface area contributed by atoms with E-state index in [1.165, 1.54) is 0 Å². The minimum absolute atomic E-state index is 0.366. The van der Waals surface area contributed by atoms with Crippen LogP contribution in [-0.4, -0.2) is 6.54 Å². The van der Waals surface area contributed by atoms with Crippen LogP contribution in [0.1, 0.15) is 4.88 Å². The number of halogens is 1. The Labute approximate surface area is 78.9 Å². The highest BCUT2D eigenvalue weighted by Gasteiger charge is 1.94. The molecule has 0 N–H and O–H groups in total. The van der Waals surface area contributed by atoms with Crippen LogP contribution in [0.3, 0.4) is 0 Å². The standard InChI is InChI=1S/C7H6ClN3S/c8-6-3-5-12-7(6)2-1-4-10-11-9/h1-3,5H,4H2. The molecule has 0 aliphatic rings. The summed E-state index contributed by atoms with van der Waals surface area (Å²) < 4.78 is 0. The third-order valence-corrected chi connectivity index (χ3v) is 2.49. The molecule has 1 rings (SSSR count). The lowest BCUT2D eigenvalue weighted by atomic mass is 10.4. The highest BCUT2D eigenvalue weighted by Crippen LogP contribution is 2.22. The monoisotopic (exact) mass is 199 g/mol. The van der Waals surface area contributed by atoms with Gasteiger partial charge in [-0.2, -0.15) is 0 Å². The van der Waals surface area contributed by atoms with Crippen molar-refractivity contribution >= 4 is 29.0 Å². The van der Waals surface area contributed by atoms with E-state index in [-0.39, 0.29) is 0 Å². The van der Waals surface area contributed by atoms with E-state index < -0.39 is 0 Å². The second-order valence-electron chi connectivity index (χ2n) is 1.95. The first-order chi connectivity index (χ1) is 5.84. The first kappa shape index (κ1) is 9.13. The lowest BCUT2D eigenvalue weighted by Crippen LogP contribution is -1.66. The highest BCUT2D eigenvalue weighted by atomic mass is 35.5. The molecule has 0 unspecified atom stereocenters. The summed E-state index contributed by atoms with van der Waals surface area (Å²) in [7, 11) is 0. The topological polar surface area (TPSA) is 48.8 Å². The third kappa shape index (κ3) is 2.58. The molecule has 0 aliphatic carbocycles. The van der Waals surface area contributed by atoms with Gasteiger partial charge in [-0.15, -0.1) is 11.3 Å². The fraction of sp³-hybridized carbons (Fsp3) is 0.143. The van der Waals surface area contributed by atoms with Crippen molar-refractivity contribution in [3.05, 3.63) is 37.9 Å². The van der Waals surface area contributed by atoms with Crippen molar-refractivity contribution in [2.45, 2.75) is 0 Å². The van der Waals surface area contributed by atoms with E-state index in [1.54, 1.807) is 17.4 Å². The first-order valence-corrected chi connectivity index (χ1v) is 4.50. The molecule has 62 valence electrons. The smallest absolute Gasteiger partial charge is 0.0585 e. The predicted octanol–water partition coefficient (Wildman–Crippen LogP) is 3.73. The largest absolute Gasteiger partial charge is 0.143 e. The maximum absolute atomic E-state index is 7.98. The SMILES string of the molecule is [N-]=[N+]=NCC=Cc1sccc1Cl. The van der Waals surface area contributed by atoms with Crippen molar-refractivity contribution in [3.8, 4) is 0 Å². The number of nitrogens with zero attached hydrogens (tertiary/aromatic N) is 3. The van der Waals surface area contributed by atoms with Crippen LogP contribution in [0.15, 0.2) is 22.6 Å². The van der Waals surface area contributed by atoms with Crippen LogP contribution in [0.5, 0.6) is 0 Å². The lowest BCUT2D eigenvalue weighted by Gasteiger charge is -1.84. The summed E-state index contributed by atoms with van der Waals surface area (Å²) >= 11 is 7.36. The molecule has 1 aromatic heterocycles. The fourth-order valence-electron chi connectivity index (χ4n) is 0.668. The molecule has 0 fully saturated rings. The van der Waals surface area contributed by atoms with Gasteiger partial charge in [0, 0.05) is 16.3 Å². The van der Waals surface area contributed by atoms with Gasteiger partial charge in [0.05, 0.1) is 5.02 Å². The Bertz CT molecular complexity index is 325. The Morgan fingerprint density at radius 1 is 1.75 bits per heavy atom. The predicted molar refractivity (Wildman–Crippen MR) is 52.4 cm³/mol. The van der Waals surface area contributed by atoms with Crippen molar-refractivity contribution in [1.29, 1.82) is 0 Å². The minimum atomic E-state index is 0.366. The van der Waals surface area contributed by atoms with Crippen molar-refractivity contribution < 1.29 is 0 Å². The molecular weight excluding hydrogens is 194 g/mol. The molecule has 12 heavy (non-hydrogen) atoms. The molecule has 0 bridgehead atoms. The van der Waals surface area contributed by atoms with Crippen LogP contribution in [0.25, 0.3) is 16.5 Å². The summed E-state index contributed by atoms with van der Waals surface area (Å²) in [5.41, 5.74) is 7.98. The van der Waals surface area contributed by atoms with E-state index >= 15 is 0 Å². The molecule has 0 aromatic carbocycles. The summed E-state index contributed by atoms with van der Waals surface area (Å²) in [6.07, 6.45) is 3.62. The van der Waals surface area contributed by atoms with Crippen LogP contribution in [0.4, 0.5) is 0 Å². The molecule has 1 aromatic rings. The molecule has 0 spiro atoms. The number of thiophene rings is 1. The van der Waals surface area contributed by atoms with E-state index in [2.05, 4.69) is 10.0 Å².